The molecule has 0 bridgehead atoms. The molecule has 0 saturated carbocycles. The van der Waals surface area contributed by atoms with E-state index in [4.69, 9.17) is 4.74 Å². The maximum atomic E-state index is 5.35. The number of hydrogen-bond donors (Lipinski definition) is 1. The maximum absolute atomic E-state index is 5.35. The van der Waals surface area contributed by atoms with E-state index in [9.17, 15) is 0 Å². The summed E-state index contributed by atoms with van der Waals surface area (Å²) >= 11 is 0. The SMILES string of the molecule is CNc1nccn1-c1cc(C)ccc1OC. The van der Waals surface area contributed by atoms with Crippen LogP contribution in [-0.2, 0) is 0 Å². The summed E-state index contributed by atoms with van der Waals surface area (Å²) in [4.78, 5) is 4.21. The minimum absolute atomic E-state index is 0.795. The van der Waals surface area contributed by atoms with E-state index in [2.05, 4.69) is 23.3 Å². The average molecular weight is 217 g/mol. The number of benzene rings is 1. The van der Waals surface area contributed by atoms with Gasteiger partial charge in [-0.1, -0.05) is 6.07 Å². The van der Waals surface area contributed by atoms with Gasteiger partial charge in [-0.25, -0.2) is 4.98 Å². The van der Waals surface area contributed by atoms with Crippen molar-refractivity contribution in [3.63, 3.8) is 0 Å². The standard InChI is InChI=1S/C12H15N3O/c1-9-4-5-11(16-3)10(8-9)15-7-6-14-12(15)13-2/h4-8H,1-3H3,(H,13,14). The van der Waals surface area contributed by atoms with E-state index >= 15 is 0 Å². The van der Waals surface area contributed by atoms with Crippen LogP contribution in [0.4, 0.5) is 5.95 Å². The van der Waals surface area contributed by atoms with Crippen molar-refractivity contribution in [2.75, 3.05) is 19.5 Å². The Morgan fingerprint density at radius 2 is 2.19 bits per heavy atom. The molecule has 2 rings (SSSR count). The average Bonchev–Trinajstić information content (AvgIpc) is 2.76. The number of aromatic nitrogens is 2. The van der Waals surface area contributed by atoms with Crippen LogP contribution < -0.4 is 10.1 Å². The van der Waals surface area contributed by atoms with Crippen LogP contribution in [0.2, 0.25) is 0 Å². The first-order valence-electron chi connectivity index (χ1n) is 5.12. The summed E-state index contributed by atoms with van der Waals surface area (Å²) in [5.41, 5.74) is 2.18. The number of rotatable bonds is 3. The minimum Gasteiger partial charge on any atom is -0.495 e. The number of nitrogens with one attached hydrogen (secondary N) is 1. The highest BCUT2D eigenvalue weighted by Crippen LogP contribution is 2.26. The van der Waals surface area contributed by atoms with Crippen LogP contribution in [0.15, 0.2) is 30.6 Å². The van der Waals surface area contributed by atoms with Gasteiger partial charge in [0.2, 0.25) is 5.95 Å². The van der Waals surface area contributed by atoms with Crippen LogP contribution >= 0.6 is 0 Å². The summed E-state index contributed by atoms with van der Waals surface area (Å²) in [7, 11) is 3.52. The van der Waals surface area contributed by atoms with Crippen LogP contribution in [0.5, 0.6) is 5.75 Å². The summed E-state index contributed by atoms with van der Waals surface area (Å²) in [5, 5.41) is 3.04. The molecule has 0 spiro atoms. The van der Waals surface area contributed by atoms with E-state index in [0.29, 0.717) is 0 Å². The van der Waals surface area contributed by atoms with Gasteiger partial charge in [-0.3, -0.25) is 4.57 Å². The number of anilines is 1. The Bertz CT molecular complexity index is 491. The molecule has 16 heavy (non-hydrogen) atoms. The Morgan fingerprint density at radius 1 is 1.38 bits per heavy atom. The third kappa shape index (κ3) is 1.74. The molecular formula is C12H15N3O. The van der Waals surface area contributed by atoms with Crippen molar-refractivity contribution in [2.24, 2.45) is 0 Å². The molecule has 1 heterocycles. The summed E-state index contributed by atoms with van der Waals surface area (Å²) in [6.45, 7) is 2.05. The van der Waals surface area contributed by atoms with Crippen molar-refractivity contribution in [1.82, 2.24) is 9.55 Å². The van der Waals surface area contributed by atoms with Crippen LogP contribution in [0.25, 0.3) is 5.69 Å². The van der Waals surface area contributed by atoms with Gasteiger partial charge in [0.1, 0.15) is 5.75 Å². The molecule has 4 heteroatoms. The summed E-state index contributed by atoms with van der Waals surface area (Å²) in [5.74, 6) is 1.63. The van der Waals surface area contributed by atoms with Gasteiger partial charge in [0.05, 0.1) is 12.8 Å². The van der Waals surface area contributed by atoms with Crippen molar-refractivity contribution in [3.05, 3.63) is 36.2 Å². The van der Waals surface area contributed by atoms with Crippen molar-refractivity contribution in [2.45, 2.75) is 6.92 Å². The summed E-state index contributed by atoms with van der Waals surface area (Å²) in [6.07, 6.45) is 3.66. The highest BCUT2D eigenvalue weighted by Gasteiger charge is 2.08. The third-order valence-electron chi connectivity index (χ3n) is 2.46. The number of ether oxygens (including phenoxy) is 1. The Kier molecular flexibility index (Phi) is 2.81. The highest BCUT2D eigenvalue weighted by molar-refractivity contribution is 5.52. The van der Waals surface area contributed by atoms with Gasteiger partial charge < -0.3 is 10.1 Å². The van der Waals surface area contributed by atoms with E-state index in [-0.39, 0.29) is 0 Å². The quantitative estimate of drug-likeness (QED) is 0.856. The summed E-state index contributed by atoms with van der Waals surface area (Å²) < 4.78 is 7.31. The second-order valence-corrected chi connectivity index (χ2v) is 3.55. The van der Waals surface area contributed by atoms with Gasteiger partial charge in [0.15, 0.2) is 0 Å². The Balaban J connectivity index is 2.58. The minimum atomic E-state index is 0.795. The first-order chi connectivity index (χ1) is 7.76. The number of hydrogen-bond acceptors (Lipinski definition) is 3. The van der Waals surface area contributed by atoms with E-state index < -0.39 is 0 Å². The molecule has 4 nitrogen and oxygen atoms in total. The highest BCUT2D eigenvalue weighted by atomic mass is 16.5. The molecule has 84 valence electrons. The van der Waals surface area contributed by atoms with E-state index in [1.54, 1.807) is 13.3 Å². The van der Waals surface area contributed by atoms with Crippen molar-refractivity contribution in [3.8, 4) is 11.4 Å². The normalized spacial score (nSPS) is 10.2. The van der Waals surface area contributed by atoms with Gasteiger partial charge in [-0.05, 0) is 24.6 Å². The van der Waals surface area contributed by atoms with Gasteiger partial charge in [-0.15, -0.1) is 0 Å². The zero-order valence-electron chi connectivity index (χ0n) is 9.69. The number of nitrogens with zero attached hydrogens (tertiary/aromatic N) is 2. The monoisotopic (exact) mass is 217 g/mol. The first kappa shape index (κ1) is 10.5. The predicted molar refractivity (Wildman–Crippen MR) is 64.4 cm³/mol. The molecule has 0 amide bonds. The fraction of sp³-hybridized carbons (Fsp3) is 0.250. The van der Waals surface area contributed by atoms with Crippen LogP contribution in [-0.4, -0.2) is 23.7 Å². The lowest BCUT2D eigenvalue weighted by atomic mass is 10.2. The maximum Gasteiger partial charge on any atom is 0.207 e. The fourth-order valence-electron chi connectivity index (χ4n) is 1.67. The molecular weight excluding hydrogens is 202 g/mol. The molecule has 0 saturated heterocycles. The van der Waals surface area contributed by atoms with Crippen molar-refractivity contribution < 1.29 is 4.74 Å². The lowest BCUT2D eigenvalue weighted by Gasteiger charge is -2.12. The van der Waals surface area contributed by atoms with Crippen LogP contribution in [0.3, 0.4) is 0 Å². The first-order valence-corrected chi connectivity index (χ1v) is 5.12. The van der Waals surface area contributed by atoms with Crippen LogP contribution in [0, 0.1) is 6.92 Å². The zero-order chi connectivity index (χ0) is 11.5. The van der Waals surface area contributed by atoms with E-state index in [1.165, 1.54) is 5.56 Å². The van der Waals surface area contributed by atoms with Gasteiger partial charge in [0.25, 0.3) is 0 Å². The van der Waals surface area contributed by atoms with Gasteiger partial charge >= 0.3 is 0 Å². The van der Waals surface area contributed by atoms with Crippen molar-refractivity contribution in [1.29, 1.82) is 0 Å². The Labute approximate surface area is 94.9 Å². The van der Waals surface area contributed by atoms with Gasteiger partial charge in [0, 0.05) is 19.4 Å². The molecule has 0 unspecified atom stereocenters. The smallest absolute Gasteiger partial charge is 0.207 e. The second kappa shape index (κ2) is 4.26. The largest absolute Gasteiger partial charge is 0.495 e. The summed E-state index contributed by atoms with van der Waals surface area (Å²) in [6, 6.07) is 6.06. The van der Waals surface area contributed by atoms with Crippen LogP contribution in [0.1, 0.15) is 5.56 Å². The molecule has 0 aliphatic carbocycles. The number of methoxy groups -OCH3 is 1. The number of imidazole rings is 1. The Hall–Kier alpha value is -1.97. The van der Waals surface area contributed by atoms with E-state index in [0.717, 1.165) is 17.4 Å². The molecule has 0 radical (unpaired) electrons. The third-order valence-corrected chi connectivity index (χ3v) is 2.46. The molecule has 1 N–H and O–H groups in total. The zero-order valence-corrected chi connectivity index (χ0v) is 9.69. The molecule has 0 aliphatic rings. The molecule has 1 aromatic heterocycles. The predicted octanol–water partition coefficient (Wildman–Crippen LogP) is 2.23. The molecule has 0 atom stereocenters. The molecule has 0 aliphatic heterocycles. The fourth-order valence-corrected chi connectivity index (χ4v) is 1.67. The van der Waals surface area contributed by atoms with E-state index in [1.807, 2.05) is 29.9 Å². The lowest BCUT2D eigenvalue weighted by molar-refractivity contribution is 0.413. The second-order valence-electron chi connectivity index (χ2n) is 3.55. The Morgan fingerprint density at radius 3 is 2.88 bits per heavy atom. The topological polar surface area (TPSA) is 39.1 Å². The molecule has 0 fully saturated rings. The molecule has 2 aromatic rings. The number of aryl methyl sites for hydroxylation is 1. The van der Waals surface area contributed by atoms with Gasteiger partial charge in [-0.2, -0.15) is 0 Å². The van der Waals surface area contributed by atoms with Crippen molar-refractivity contribution >= 4 is 5.95 Å². The lowest BCUT2D eigenvalue weighted by Crippen LogP contribution is -2.02. The molecule has 1 aromatic carbocycles.